The summed E-state index contributed by atoms with van der Waals surface area (Å²) in [4.78, 5) is 14.6. The third-order valence-electron chi connectivity index (χ3n) is 2.90. The number of hydrogen-bond acceptors (Lipinski definition) is 2. The summed E-state index contributed by atoms with van der Waals surface area (Å²) >= 11 is 29.5. The number of benzene rings is 1. The molecule has 0 spiro atoms. The van der Waals surface area contributed by atoms with Crippen LogP contribution >= 0.6 is 58.0 Å². The van der Waals surface area contributed by atoms with Crippen LogP contribution in [0.4, 0.5) is 13.2 Å². The summed E-state index contributed by atoms with van der Waals surface area (Å²) in [5.74, 6) is -1.59. The van der Waals surface area contributed by atoms with Crippen LogP contribution in [0.1, 0.15) is 16.1 Å². The maximum absolute atomic E-state index is 12.9. The van der Waals surface area contributed by atoms with Crippen molar-refractivity contribution in [1.82, 2.24) is 4.98 Å². The van der Waals surface area contributed by atoms with Gasteiger partial charge in [0.2, 0.25) is 0 Å². The van der Waals surface area contributed by atoms with Crippen LogP contribution in [0.3, 0.4) is 0 Å². The van der Waals surface area contributed by atoms with E-state index in [0.717, 1.165) is 0 Å². The molecule has 0 saturated heterocycles. The van der Waals surface area contributed by atoms with Crippen molar-refractivity contribution < 1.29 is 23.1 Å². The Morgan fingerprint density at radius 1 is 0.958 bits per heavy atom. The lowest BCUT2D eigenvalue weighted by atomic mass is 10.0. The monoisotopic (exact) mass is 437 g/mol. The Bertz CT molecular complexity index is 825. The highest BCUT2D eigenvalue weighted by molar-refractivity contribution is 6.56. The van der Waals surface area contributed by atoms with Crippen LogP contribution in [-0.4, -0.2) is 16.1 Å². The van der Waals surface area contributed by atoms with E-state index < -0.39 is 29.0 Å². The number of aromatic nitrogens is 1. The molecule has 0 atom stereocenters. The molecular formula is C13H3Cl5F3NO2. The lowest BCUT2D eigenvalue weighted by Gasteiger charge is -2.16. The summed E-state index contributed by atoms with van der Waals surface area (Å²) in [5.41, 5.74) is -2.71. The predicted octanol–water partition coefficient (Wildman–Crippen LogP) is 6.73. The predicted molar refractivity (Wildman–Crippen MR) is 86.7 cm³/mol. The Hall–Kier alpha value is -0.920. The first-order valence-electron chi connectivity index (χ1n) is 5.79. The van der Waals surface area contributed by atoms with E-state index >= 15 is 0 Å². The third kappa shape index (κ3) is 3.39. The van der Waals surface area contributed by atoms with Gasteiger partial charge in [-0.3, -0.25) is 0 Å². The van der Waals surface area contributed by atoms with Gasteiger partial charge in [-0.15, -0.1) is 0 Å². The minimum absolute atomic E-state index is 0.214. The van der Waals surface area contributed by atoms with Gasteiger partial charge in [0.05, 0.1) is 30.7 Å². The highest BCUT2D eigenvalue weighted by atomic mass is 35.5. The summed E-state index contributed by atoms with van der Waals surface area (Å²) in [6.07, 6.45) is -4.38. The highest BCUT2D eigenvalue weighted by Gasteiger charge is 2.34. The van der Waals surface area contributed by atoms with E-state index in [9.17, 15) is 23.1 Å². The normalized spacial score (nSPS) is 11.7. The zero-order chi connectivity index (χ0) is 18.4. The van der Waals surface area contributed by atoms with Gasteiger partial charge < -0.3 is 5.11 Å². The molecule has 1 heterocycles. The number of carbonyl (C=O) groups is 1. The molecule has 0 fully saturated rings. The number of hydrogen-bond donors (Lipinski definition) is 1. The van der Waals surface area contributed by atoms with E-state index in [1.165, 1.54) is 0 Å². The van der Waals surface area contributed by atoms with Crippen LogP contribution in [0, 0.1) is 0 Å². The van der Waals surface area contributed by atoms with Gasteiger partial charge in [0.15, 0.2) is 5.69 Å². The first kappa shape index (κ1) is 19.4. The average molecular weight is 439 g/mol. The van der Waals surface area contributed by atoms with Gasteiger partial charge in [-0.2, -0.15) is 13.2 Å². The Balaban J connectivity index is 2.93. The topological polar surface area (TPSA) is 50.2 Å². The molecular weight excluding hydrogens is 436 g/mol. The number of rotatable bonds is 2. The largest absolute Gasteiger partial charge is 0.476 e. The number of carboxylic acids is 1. The standard InChI is InChI=1S/C13H3Cl5F3NO2/c14-6-5(7(15)9(17)10(18)8(6)16)4-1-3(13(19,20)21)2-22-11(4)12(23)24/h1-2H,(H,23,24). The zero-order valence-corrected chi connectivity index (χ0v) is 14.8. The molecule has 1 aromatic carbocycles. The van der Waals surface area contributed by atoms with E-state index in [1.54, 1.807) is 0 Å². The molecule has 1 aromatic heterocycles. The van der Waals surface area contributed by atoms with Gasteiger partial charge in [-0.1, -0.05) is 58.0 Å². The minimum Gasteiger partial charge on any atom is -0.476 e. The van der Waals surface area contributed by atoms with Crippen LogP contribution in [0.25, 0.3) is 11.1 Å². The molecule has 3 nitrogen and oxygen atoms in total. The molecule has 0 unspecified atom stereocenters. The fourth-order valence-electron chi connectivity index (χ4n) is 1.82. The lowest BCUT2D eigenvalue weighted by molar-refractivity contribution is -0.137. The van der Waals surface area contributed by atoms with Crippen LogP contribution in [-0.2, 0) is 6.18 Å². The summed E-state index contributed by atoms with van der Waals surface area (Å²) < 4.78 is 38.7. The van der Waals surface area contributed by atoms with Crippen molar-refractivity contribution in [1.29, 1.82) is 0 Å². The quantitative estimate of drug-likeness (QED) is 0.417. The first-order chi connectivity index (χ1) is 11.0. The number of carboxylic acid groups (broad SMARTS) is 1. The smallest absolute Gasteiger partial charge is 0.417 e. The molecule has 128 valence electrons. The number of pyridine rings is 1. The fraction of sp³-hybridized carbons (Fsp3) is 0.0769. The van der Waals surface area contributed by atoms with E-state index in [0.29, 0.717) is 12.3 Å². The third-order valence-corrected chi connectivity index (χ3v) is 5.17. The van der Waals surface area contributed by atoms with E-state index in [2.05, 4.69) is 4.98 Å². The van der Waals surface area contributed by atoms with Crippen molar-refractivity contribution in [3.05, 3.63) is 48.6 Å². The molecule has 1 N–H and O–H groups in total. The molecule has 2 aromatic rings. The number of halogens is 8. The molecule has 0 aliphatic rings. The Kier molecular flexibility index (Phi) is 5.47. The molecule has 0 aliphatic carbocycles. The summed E-state index contributed by atoms with van der Waals surface area (Å²) in [6, 6.07) is 0.546. The van der Waals surface area contributed by atoms with Crippen LogP contribution in [0.5, 0.6) is 0 Å². The summed E-state index contributed by atoms with van der Waals surface area (Å²) in [7, 11) is 0. The SMILES string of the molecule is O=C(O)c1ncc(C(F)(F)F)cc1-c1c(Cl)c(Cl)c(Cl)c(Cl)c1Cl. The Morgan fingerprint density at radius 2 is 1.42 bits per heavy atom. The fourth-order valence-corrected chi connectivity index (χ4v) is 3.16. The van der Waals surface area contributed by atoms with Crippen molar-refractivity contribution in [3.63, 3.8) is 0 Å². The molecule has 11 heteroatoms. The van der Waals surface area contributed by atoms with Crippen molar-refractivity contribution in [2.45, 2.75) is 6.18 Å². The Morgan fingerprint density at radius 3 is 1.83 bits per heavy atom. The minimum atomic E-state index is -4.77. The van der Waals surface area contributed by atoms with Crippen molar-refractivity contribution >= 4 is 64.0 Å². The van der Waals surface area contributed by atoms with Gasteiger partial charge in [0.25, 0.3) is 0 Å². The van der Waals surface area contributed by atoms with Crippen LogP contribution < -0.4 is 0 Å². The van der Waals surface area contributed by atoms with E-state index in [1.807, 2.05) is 0 Å². The van der Waals surface area contributed by atoms with Gasteiger partial charge >= 0.3 is 12.1 Å². The zero-order valence-electron chi connectivity index (χ0n) is 11.0. The summed E-state index contributed by atoms with van der Waals surface area (Å²) in [6.45, 7) is 0. The van der Waals surface area contributed by atoms with Gasteiger partial charge in [0.1, 0.15) is 0 Å². The van der Waals surface area contributed by atoms with E-state index in [4.69, 9.17) is 58.0 Å². The first-order valence-corrected chi connectivity index (χ1v) is 7.68. The van der Waals surface area contributed by atoms with Crippen LogP contribution in [0.15, 0.2) is 12.3 Å². The maximum atomic E-state index is 12.9. The highest BCUT2D eigenvalue weighted by Crippen LogP contribution is 2.49. The number of alkyl halides is 3. The molecule has 24 heavy (non-hydrogen) atoms. The molecule has 0 amide bonds. The molecule has 0 bridgehead atoms. The van der Waals surface area contributed by atoms with Crippen molar-refractivity contribution in [2.75, 3.05) is 0 Å². The second-order valence-corrected chi connectivity index (χ2v) is 6.26. The van der Waals surface area contributed by atoms with Gasteiger partial charge in [-0.05, 0) is 6.07 Å². The maximum Gasteiger partial charge on any atom is 0.417 e. The van der Waals surface area contributed by atoms with Gasteiger partial charge in [0, 0.05) is 17.3 Å². The molecule has 0 saturated carbocycles. The van der Waals surface area contributed by atoms with Crippen molar-refractivity contribution in [3.8, 4) is 11.1 Å². The second kappa shape index (κ2) is 6.77. The number of aromatic carboxylic acids is 1. The summed E-state index contributed by atoms with van der Waals surface area (Å²) in [5, 5.41) is 7.70. The lowest BCUT2D eigenvalue weighted by Crippen LogP contribution is -2.10. The van der Waals surface area contributed by atoms with Crippen molar-refractivity contribution in [2.24, 2.45) is 0 Å². The van der Waals surface area contributed by atoms with Gasteiger partial charge in [-0.25, -0.2) is 9.78 Å². The van der Waals surface area contributed by atoms with Crippen LogP contribution in [0.2, 0.25) is 25.1 Å². The molecule has 0 aliphatic heterocycles. The number of nitrogens with zero attached hydrogens (tertiary/aromatic N) is 1. The second-order valence-electron chi connectivity index (χ2n) is 4.37. The Labute approximate surface area is 157 Å². The molecule has 2 rings (SSSR count). The average Bonchev–Trinajstić information content (AvgIpc) is 2.50. The molecule has 0 radical (unpaired) electrons. The van der Waals surface area contributed by atoms with E-state index in [-0.39, 0.29) is 30.7 Å².